The summed E-state index contributed by atoms with van der Waals surface area (Å²) in [5.74, 6) is -0.717. The van der Waals surface area contributed by atoms with Gasteiger partial charge in [0.2, 0.25) is 5.91 Å². The molecular formula is C22H20F2N4O3. The van der Waals surface area contributed by atoms with E-state index in [1.54, 1.807) is 59.3 Å². The summed E-state index contributed by atoms with van der Waals surface area (Å²) in [7, 11) is 2.83. The molecule has 0 aliphatic rings. The number of methoxy groups -OCH3 is 1. The van der Waals surface area contributed by atoms with Crippen molar-refractivity contribution in [3.8, 4) is 0 Å². The Labute approximate surface area is 176 Å². The van der Waals surface area contributed by atoms with E-state index >= 15 is 0 Å². The number of rotatable bonds is 6. The molecule has 0 unspecified atom stereocenters. The normalized spacial score (nSPS) is 11.4. The maximum atomic E-state index is 13.6. The van der Waals surface area contributed by atoms with Gasteiger partial charge in [0.05, 0.1) is 30.3 Å². The highest BCUT2D eigenvalue weighted by Gasteiger charge is 2.22. The Morgan fingerprint density at radius 3 is 2.48 bits per heavy atom. The Kier molecular flexibility index (Phi) is 5.41. The van der Waals surface area contributed by atoms with Gasteiger partial charge in [-0.1, -0.05) is 30.3 Å². The third-order valence-corrected chi connectivity index (χ3v) is 5.17. The van der Waals surface area contributed by atoms with E-state index in [1.165, 1.54) is 19.1 Å². The highest BCUT2D eigenvalue weighted by molar-refractivity contribution is 6.04. The lowest BCUT2D eigenvalue weighted by atomic mass is 10.2. The average molecular weight is 426 g/mol. The van der Waals surface area contributed by atoms with E-state index in [4.69, 9.17) is 4.74 Å². The van der Waals surface area contributed by atoms with Crippen molar-refractivity contribution in [2.24, 2.45) is 0 Å². The SMILES string of the molecule is COC(=O)c1cn(CC(=O)N(C)Cc2nc3ccccc3n2C(F)F)c2ccccc12. The minimum absolute atomic E-state index is 0.0666. The van der Waals surface area contributed by atoms with E-state index < -0.39 is 12.5 Å². The number of amides is 1. The summed E-state index contributed by atoms with van der Waals surface area (Å²) < 4.78 is 34.6. The molecule has 9 heteroatoms. The fourth-order valence-corrected chi connectivity index (χ4v) is 3.64. The molecule has 2 aromatic heterocycles. The maximum Gasteiger partial charge on any atom is 0.340 e. The van der Waals surface area contributed by atoms with Crippen LogP contribution in [0.3, 0.4) is 0 Å². The maximum absolute atomic E-state index is 13.6. The molecule has 31 heavy (non-hydrogen) atoms. The summed E-state index contributed by atoms with van der Waals surface area (Å²) in [6, 6.07) is 13.8. The first kappa shape index (κ1) is 20.5. The number of carbonyl (C=O) groups excluding carboxylic acids is 2. The van der Waals surface area contributed by atoms with Crippen molar-refractivity contribution < 1.29 is 23.1 Å². The zero-order valence-corrected chi connectivity index (χ0v) is 17.0. The predicted octanol–water partition coefficient (Wildman–Crippen LogP) is 3.83. The smallest absolute Gasteiger partial charge is 0.340 e. The quantitative estimate of drug-likeness (QED) is 0.440. The lowest BCUT2D eigenvalue weighted by Crippen LogP contribution is -2.30. The van der Waals surface area contributed by atoms with Crippen LogP contribution in [-0.2, 0) is 22.6 Å². The zero-order valence-electron chi connectivity index (χ0n) is 17.0. The molecule has 0 atom stereocenters. The van der Waals surface area contributed by atoms with Crippen molar-refractivity contribution in [1.82, 2.24) is 19.0 Å². The number of ether oxygens (including phenoxy) is 1. The molecule has 0 saturated carbocycles. The van der Waals surface area contributed by atoms with Gasteiger partial charge < -0.3 is 14.2 Å². The van der Waals surface area contributed by atoms with E-state index in [1.807, 2.05) is 0 Å². The van der Waals surface area contributed by atoms with Gasteiger partial charge in [-0.05, 0) is 18.2 Å². The number of imidazole rings is 1. The van der Waals surface area contributed by atoms with E-state index in [-0.39, 0.29) is 24.8 Å². The van der Waals surface area contributed by atoms with Crippen molar-refractivity contribution in [2.75, 3.05) is 14.2 Å². The molecule has 4 rings (SSSR count). The van der Waals surface area contributed by atoms with Gasteiger partial charge in [0.15, 0.2) is 0 Å². The van der Waals surface area contributed by atoms with E-state index in [0.29, 0.717) is 27.5 Å². The van der Waals surface area contributed by atoms with Crippen molar-refractivity contribution in [2.45, 2.75) is 19.6 Å². The van der Waals surface area contributed by atoms with E-state index in [0.717, 1.165) is 4.57 Å². The number of aromatic nitrogens is 3. The first-order valence-corrected chi connectivity index (χ1v) is 9.55. The molecule has 7 nitrogen and oxygen atoms in total. The fraction of sp³-hybridized carbons (Fsp3) is 0.227. The fourth-order valence-electron chi connectivity index (χ4n) is 3.64. The molecule has 0 aliphatic carbocycles. The second-order valence-corrected chi connectivity index (χ2v) is 7.09. The molecular weight excluding hydrogens is 406 g/mol. The Balaban J connectivity index is 1.60. The number of fused-ring (bicyclic) bond motifs is 2. The van der Waals surface area contributed by atoms with Crippen molar-refractivity contribution in [3.05, 3.63) is 66.1 Å². The molecule has 1 amide bonds. The topological polar surface area (TPSA) is 69.4 Å². The highest BCUT2D eigenvalue weighted by Crippen LogP contribution is 2.25. The number of carbonyl (C=O) groups is 2. The third-order valence-electron chi connectivity index (χ3n) is 5.17. The number of likely N-dealkylation sites (N-methyl/N-ethyl adjacent to an activating group) is 1. The summed E-state index contributed by atoms with van der Waals surface area (Å²) >= 11 is 0. The Hall–Kier alpha value is -3.75. The van der Waals surface area contributed by atoms with Gasteiger partial charge in [0, 0.05) is 24.1 Å². The van der Waals surface area contributed by atoms with Crippen LogP contribution in [0.5, 0.6) is 0 Å². The van der Waals surface area contributed by atoms with Crippen LogP contribution in [0.2, 0.25) is 0 Å². The van der Waals surface area contributed by atoms with Crippen LogP contribution < -0.4 is 0 Å². The number of hydrogen-bond donors (Lipinski definition) is 0. The number of halogens is 2. The van der Waals surface area contributed by atoms with Gasteiger partial charge in [-0.25, -0.2) is 9.78 Å². The molecule has 0 bridgehead atoms. The summed E-state index contributed by atoms with van der Waals surface area (Å²) in [5, 5.41) is 0.671. The van der Waals surface area contributed by atoms with Gasteiger partial charge in [-0.2, -0.15) is 8.78 Å². The second kappa shape index (κ2) is 8.17. The molecule has 2 aromatic carbocycles. The first-order chi connectivity index (χ1) is 14.9. The molecule has 2 heterocycles. The van der Waals surface area contributed by atoms with Gasteiger partial charge in [-0.15, -0.1) is 0 Å². The molecule has 0 spiro atoms. The third kappa shape index (κ3) is 3.74. The summed E-state index contributed by atoms with van der Waals surface area (Å²) in [5.41, 5.74) is 1.81. The predicted molar refractivity (Wildman–Crippen MR) is 111 cm³/mol. The Bertz CT molecular complexity index is 1280. The monoisotopic (exact) mass is 426 g/mol. The molecule has 0 radical (unpaired) electrons. The molecule has 0 saturated heterocycles. The summed E-state index contributed by atoms with van der Waals surface area (Å²) in [6.45, 7) is -2.92. The minimum atomic E-state index is -2.78. The number of benzene rings is 2. The van der Waals surface area contributed by atoms with Gasteiger partial charge in [0.1, 0.15) is 12.4 Å². The van der Waals surface area contributed by atoms with Gasteiger partial charge in [0.25, 0.3) is 0 Å². The highest BCUT2D eigenvalue weighted by atomic mass is 19.3. The second-order valence-electron chi connectivity index (χ2n) is 7.09. The minimum Gasteiger partial charge on any atom is -0.465 e. The Morgan fingerprint density at radius 2 is 1.77 bits per heavy atom. The van der Waals surface area contributed by atoms with Crippen LogP contribution in [-0.4, -0.2) is 45.1 Å². The standard InChI is InChI=1S/C22H20F2N4O3/c1-26(12-19-25-16-8-4-6-10-18(16)28(19)22(23)24)20(29)13-27-11-15(21(30)31-2)14-7-3-5-9-17(14)27/h3-11,22H,12-13H2,1-2H3. The van der Waals surface area contributed by atoms with Crippen LogP contribution in [0.1, 0.15) is 22.7 Å². The van der Waals surface area contributed by atoms with Crippen LogP contribution >= 0.6 is 0 Å². The number of para-hydroxylation sites is 3. The zero-order chi connectivity index (χ0) is 22.1. The van der Waals surface area contributed by atoms with E-state index in [9.17, 15) is 18.4 Å². The number of esters is 1. The number of nitrogens with zero attached hydrogens (tertiary/aromatic N) is 4. The lowest BCUT2D eigenvalue weighted by molar-refractivity contribution is -0.131. The summed E-state index contributed by atoms with van der Waals surface area (Å²) in [4.78, 5) is 30.6. The van der Waals surface area contributed by atoms with Crippen molar-refractivity contribution in [1.29, 1.82) is 0 Å². The van der Waals surface area contributed by atoms with E-state index in [2.05, 4.69) is 4.98 Å². The van der Waals surface area contributed by atoms with Crippen molar-refractivity contribution >= 4 is 33.8 Å². The lowest BCUT2D eigenvalue weighted by Gasteiger charge is -2.18. The van der Waals surface area contributed by atoms with Crippen LogP contribution in [0, 0.1) is 0 Å². The molecule has 160 valence electrons. The molecule has 4 aromatic rings. The largest absolute Gasteiger partial charge is 0.465 e. The van der Waals surface area contributed by atoms with Crippen LogP contribution in [0.4, 0.5) is 8.78 Å². The van der Waals surface area contributed by atoms with Gasteiger partial charge >= 0.3 is 12.5 Å². The number of alkyl halides is 2. The molecule has 0 aliphatic heterocycles. The van der Waals surface area contributed by atoms with Gasteiger partial charge in [-0.3, -0.25) is 9.36 Å². The van der Waals surface area contributed by atoms with Crippen molar-refractivity contribution in [3.63, 3.8) is 0 Å². The van der Waals surface area contributed by atoms with Crippen LogP contribution in [0.15, 0.2) is 54.7 Å². The number of hydrogen-bond acceptors (Lipinski definition) is 4. The average Bonchev–Trinajstić information content (AvgIpc) is 3.31. The molecule has 0 N–H and O–H groups in total. The summed E-state index contributed by atoms with van der Waals surface area (Å²) in [6.07, 6.45) is 1.57. The Morgan fingerprint density at radius 1 is 1.10 bits per heavy atom. The molecule has 0 fully saturated rings. The first-order valence-electron chi connectivity index (χ1n) is 9.55. The van der Waals surface area contributed by atoms with Crippen LogP contribution in [0.25, 0.3) is 21.9 Å².